The highest BCUT2D eigenvalue weighted by molar-refractivity contribution is 14.1. The smallest absolute Gasteiger partial charge is 0.243 e. The fourth-order valence-electron chi connectivity index (χ4n) is 2.01. The number of nitrogens with zero attached hydrogens (tertiary/aromatic N) is 2. The molecular weight excluding hydrogens is 412 g/mol. The number of hydrogen-bond donors (Lipinski definition) is 1. The lowest BCUT2D eigenvalue weighted by Gasteiger charge is -2.10. The second-order valence-electron chi connectivity index (χ2n) is 4.51. The maximum Gasteiger partial charge on any atom is 0.243 e. The summed E-state index contributed by atoms with van der Waals surface area (Å²) in [6.45, 7) is 2.32. The first-order valence-corrected chi connectivity index (χ1v) is 7.77. The van der Waals surface area contributed by atoms with E-state index < -0.39 is 5.91 Å². The van der Waals surface area contributed by atoms with Crippen LogP contribution in [0.15, 0.2) is 12.1 Å². The highest BCUT2D eigenvalue weighted by atomic mass is 127. The molecule has 5 nitrogen and oxygen atoms in total. The molecule has 114 valence electrons. The number of imidazole rings is 1. The van der Waals surface area contributed by atoms with Crippen molar-refractivity contribution in [2.75, 3.05) is 13.2 Å². The molecule has 0 spiro atoms. The number of primary amides is 1. The Morgan fingerprint density at radius 1 is 1.62 bits per heavy atom. The Balaban J connectivity index is 2.32. The summed E-state index contributed by atoms with van der Waals surface area (Å²) in [5.74, 6) is -0.205. The summed E-state index contributed by atoms with van der Waals surface area (Å²) in [5, 5.41) is -0.325. The quantitative estimate of drug-likeness (QED) is 0.439. The van der Waals surface area contributed by atoms with Crippen molar-refractivity contribution in [3.8, 4) is 0 Å². The lowest BCUT2D eigenvalue weighted by molar-refractivity contribution is -0.122. The number of alkyl halides is 1. The van der Waals surface area contributed by atoms with E-state index in [4.69, 9.17) is 22.1 Å². The molecule has 0 aliphatic carbocycles. The van der Waals surface area contributed by atoms with Gasteiger partial charge in [0.2, 0.25) is 5.91 Å². The van der Waals surface area contributed by atoms with Gasteiger partial charge in [0, 0.05) is 12.6 Å². The van der Waals surface area contributed by atoms with Crippen molar-refractivity contribution in [1.82, 2.24) is 9.55 Å². The van der Waals surface area contributed by atoms with Gasteiger partial charge in [-0.1, -0.05) is 0 Å². The van der Waals surface area contributed by atoms with Crippen LogP contribution in [0.2, 0.25) is 0 Å². The van der Waals surface area contributed by atoms with Crippen molar-refractivity contribution in [3.05, 3.63) is 27.3 Å². The number of ether oxygens (including phenoxy) is 1. The van der Waals surface area contributed by atoms with E-state index in [1.165, 1.54) is 6.07 Å². The molecule has 0 bridgehead atoms. The number of hydrogen-bond acceptors (Lipinski definition) is 3. The van der Waals surface area contributed by atoms with Crippen molar-refractivity contribution < 1.29 is 13.9 Å². The molecular formula is C13H14ClFIN3O2. The van der Waals surface area contributed by atoms with Crippen molar-refractivity contribution in [2.24, 2.45) is 5.73 Å². The molecule has 1 unspecified atom stereocenters. The van der Waals surface area contributed by atoms with Crippen LogP contribution >= 0.6 is 34.2 Å². The van der Waals surface area contributed by atoms with Gasteiger partial charge in [0.15, 0.2) is 0 Å². The SMILES string of the molecule is CC(Cl)c1nc2cc(I)c(F)cc2n1CCOCC(N)=O. The Labute approximate surface area is 139 Å². The summed E-state index contributed by atoms with van der Waals surface area (Å²) >= 11 is 8.05. The molecule has 2 N–H and O–H groups in total. The van der Waals surface area contributed by atoms with Crippen LogP contribution in [0.25, 0.3) is 11.0 Å². The fourth-order valence-corrected chi connectivity index (χ4v) is 2.62. The van der Waals surface area contributed by atoms with E-state index in [1.54, 1.807) is 17.6 Å². The average Bonchev–Trinajstić information content (AvgIpc) is 2.73. The number of carbonyl (C=O) groups is 1. The second kappa shape index (κ2) is 6.89. The van der Waals surface area contributed by atoms with E-state index in [1.807, 2.05) is 22.6 Å². The minimum atomic E-state index is -0.531. The minimum absolute atomic E-state index is 0.148. The van der Waals surface area contributed by atoms with Crippen LogP contribution < -0.4 is 5.73 Å². The lowest BCUT2D eigenvalue weighted by Crippen LogP contribution is -2.20. The zero-order chi connectivity index (χ0) is 15.6. The predicted molar refractivity (Wildman–Crippen MR) is 86.7 cm³/mol. The van der Waals surface area contributed by atoms with E-state index >= 15 is 0 Å². The zero-order valence-electron chi connectivity index (χ0n) is 11.3. The molecule has 0 aliphatic rings. The van der Waals surface area contributed by atoms with E-state index in [0.29, 0.717) is 27.0 Å². The predicted octanol–water partition coefficient (Wildman–Crippen LogP) is 2.58. The molecule has 1 aromatic heterocycles. The van der Waals surface area contributed by atoms with Gasteiger partial charge in [-0.3, -0.25) is 4.79 Å². The fraction of sp³-hybridized carbons (Fsp3) is 0.385. The van der Waals surface area contributed by atoms with Gasteiger partial charge < -0.3 is 15.0 Å². The Morgan fingerprint density at radius 2 is 2.33 bits per heavy atom. The molecule has 21 heavy (non-hydrogen) atoms. The summed E-state index contributed by atoms with van der Waals surface area (Å²) < 4.78 is 21.2. The number of fused-ring (bicyclic) bond motifs is 1. The number of amides is 1. The summed E-state index contributed by atoms with van der Waals surface area (Å²) in [5.41, 5.74) is 6.33. The third-order valence-corrected chi connectivity index (χ3v) is 3.90. The molecule has 1 aromatic carbocycles. The van der Waals surface area contributed by atoms with Crippen LogP contribution in [-0.2, 0) is 16.1 Å². The van der Waals surface area contributed by atoms with E-state index in [0.717, 1.165) is 0 Å². The summed E-state index contributed by atoms with van der Waals surface area (Å²) in [4.78, 5) is 15.1. The van der Waals surface area contributed by atoms with Crippen molar-refractivity contribution in [1.29, 1.82) is 0 Å². The number of aromatic nitrogens is 2. The Kier molecular flexibility index (Phi) is 5.39. The number of carbonyl (C=O) groups excluding carboxylic acids is 1. The molecule has 0 saturated heterocycles. The van der Waals surface area contributed by atoms with Crippen molar-refractivity contribution in [2.45, 2.75) is 18.8 Å². The van der Waals surface area contributed by atoms with Gasteiger partial charge in [-0.25, -0.2) is 9.37 Å². The Morgan fingerprint density at radius 3 is 2.95 bits per heavy atom. The van der Waals surface area contributed by atoms with E-state index in [2.05, 4.69) is 4.98 Å². The van der Waals surface area contributed by atoms with Gasteiger partial charge in [0.25, 0.3) is 0 Å². The van der Waals surface area contributed by atoms with Crippen LogP contribution in [0, 0.1) is 9.39 Å². The van der Waals surface area contributed by atoms with Gasteiger partial charge in [0.05, 0.1) is 26.6 Å². The third kappa shape index (κ3) is 3.83. The van der Waals surface area contributed by atoms with Crippen molar-refractivity contribution >= 4 is 51.1 Å². The molecule has 0 saturated carbocycles. The number of benzene rings is 1. The number of rotatable bonds is 6. The average molecular weight is 426 g/mol. The molecule has 1 amide bonds. The molecule has 0 radical (unpaired) electrons. The minimum Gasteiger partial charge on any atom is -0.370 e. The standard InChI is InChI=1S/C13H14ClFIN3O2/c1-7(14)13-18-10-5-9(16)8(15)4-11(10)19(13)2-3-21-6-12(17)20/h4-5,7H,2-3,6H2,1H3,(H2,17,20). The van der Waals surface area contributed by atoms with Gasteiger partial charge >= 0.3 is 0 Å². The second-order valence-corrected chi connectivity index (χ2v) is 6.33. The number of nitrogens with two attached hydrogens (primary N) is 1. The number of halogens is 3. The van der Waals surface area contributed by atoms with Gasteiger partial charge in [0.1, 0.15) is 18.2 Å². The molecule has 1 atom stereocenters. The molecule has 1 heterocycles. The highest BCUT2D eigenvalue weighted by Crippen LogP contribution is 2.27. The summed E-state index contributed by atoms with van der Waals surface area (Å²) in [6, 6.07) is 3.11. The first-order chi connectivity index (χ1) is 9.90. The third-order valence-electron chi connectivity index (χ3n) is 2.88. The lowest BCUT2D eigenvalue weighted by atomic mass is 10.3. The topological polar surface area (TPSA) is 70.1 Å². The van der Waals surface area contributed by atoms with Gasteiger partial charge in [-0.05, 0) is 35.6 Å². The first kappa shape index (κ1) is 16.4. The van der Waals surface area contributed by atoms with Crippen LogP contribution in [0.4, 0.5) is 4.39 Å². The van der Waals surface area contributed by atoms with Crippen molar-refractivity contribution in [3.63, 3.8) is 0 Å². The van der Waals surface area contributed by atoms with Crippen LogP contribution in [0.5, 0.6) is 0 Å². The zero-order valence-corrected chi connectivity index (χ0v) is 14.2. The monoisotopic (exact) mass is 425 g/mol. The maximum absolute atomic E-state index is 13.8. The molecule has 0 fully saturated rings. The van der Waals surface area contributed by atoms with Gasteiger partial charge in [-0.2, -0.15) is 0 Å². The Bertz CT molecular complexity index is 675. The van der Waals surface area contributed by atoms with Crippen LogP contribution in [-0.4, -0.2) is 28.7 Å². The molecule has 2 rings (SSSR count). The normalized spacial score (nSPS) is 12.8. The van der Waals surface area contributed by atoms with Crippen LogP contribution in [0.1, 0.15) is 18.1 Å². The highest BCUT2D eigenvalue weighted by Gasteiger charge is 2.16. The van der Waals surface area contributed by atoms with E-state index in [9.17, 15) is 9.18 Å². The first-order valence-electron chi connectivity index (χ1n) is 6.25. The molecule has 8 heteroatoms. The van der Waals surface area contributed by atoms with E-state index in [-0.39, 0.29) is 24.4 Å². The molecule has 0 aliphatic heterocycles. The summed E-state index contributed by atoms with van der Waals surface area (Å²) in [7, 11) is 0. The van der Waals surface area contributed by atoms with Gasteiger partial charge in [-0.15, -0.1) is 11.6 Å². The Hall–Kier alpha value is -0.930. The maximum atomic E-state index is 13.8. The van der Waals surface area contributed by atoms with Crippen LogP contribution in [0.3, 0.4) is 0 Å². The summed E-state index contributed by atoms with van der Waals surface area (Å²) in [6.07, 6.45) is 0. The largest absolute Gasteiger partial charge is 0.370 e. The molecule has 2 aromatic rings.